The number of carbonyl (C=O) groups excluding carboxylic acids is 1. The molecule has 0 aliphatic carbocycles. The molecule has 0 bridgehead atoms. The van der Waals surface area contributed by atoms with E-state index >= 15 is 0 Å². The summed E-state index contributed by atoms with van der Waals surface area (Å²) in [4.78, 5) is 16.2. The number of sulfonamides is 1. The molecule has 0 atom stereocenters. The van der Waals surface area contributed by atoms with Crippen molar-refractivity contribution in [2.45, 2.75) is 46.1 Å². The van der Waals surface area contributed by atoms with E-state index in [1.165, 1.54) is 0 Å². The minimum Gasteiger partial charge on any atom is -0.350 e. The number of aromatic nitrogens is 1. The van der Waals surface area contributed by atoms with Gasteiger partial charge in [-0.1, -0.05) is 43.7 Å². The molecule has 0 unspecified atom stereocenters. The van der Waals surface area contributed by atoms with Crippen molar-refractivity contribution < 1.29 is 13.2 Å². The van der Waals surface area contributed by atoms with E-state index in [9.17, 15) is 13.2 Å². The third kappa shape index (κ3) is 4.84. The van der Waals surface area contributed by atoms with E-state index in [2.05, 4.69) is 15.0 Å². The van der Waals surface area contributed by atoms with Gasteiger partial charge in [0.1, 0.15) is 5.69 Å². The second-order valence-corrected chi connectivity index (χ2v) is 9.95. The molecule has 0 aliphatic heterocycles. The number of hydrogen-bond donors (Lipinski definition) is 3. The number of hydrogen-bond acceptors (Lipinski definition) is 3. The summed E-state index contributed by atoms with van der Waals surface area (Å²) in [6.45, 7) is 7.73. The zero-order chi connectivity index (χ0) is 21.9. The smallest absolute Gasteiger partial charge is 0.268 e. The maximum absolute atomic E-state index is 13.0. The molecule has 1 aromatic heterocycles. The molecule has 0 aliphatic rings. The van der Waals surface area contributed by atoms with Crippen LogP contribution >= 0.6 is 0 Å². The Morgan fingerprint density at radius 3 is 2.47 bits per heavy atom. The highest BCUT2D eigenvalue weighted by Gasteiger charge is 2.25. The van der Waals surface area contributed by atoms with Gasteiger partial charge in [0.15, 0.2) is 0 Å². The number of unbranched alkanes of at least 4 members (excludes halogenated alkanes) is 1. The molecular weight excluding hydrogens is 398 g/mol. The highest BCUT2D eigenvalue weighted by atomic mass is 32.2. The van der Waals surface area contributed by atoms with E-state index < -0.39 is 15.6 Å². The van der Waals surface area contributed by atoms with Crippen molar-refractivity contribution in [1.82, 2.24) is 10.3 Å². The van der Waals surface area contributed by atoms with E-state index in [1.54, 1.807) is 18.2 Å². The van der Waals surface area contributed by atoms with Crippen LogP contribution in [0.5, 0.6) is 0 Å². The van der Waals surface area contributed by atoms with E-state index in [0.29, 0.717) is 17.8 Å². The van der Waals surface area contributed by atoms with Crippen molar-refractivity contribution in [2.24, 2.45) is 0 Å². The molecule has 2 aromatic carbocycles. The number of amides is 1. The van der Waals surface area contributed by atoms with Gasteiger partial charge >= 0.3 is 0 Å². The monoisotopic (exact) mass is 427 g/mol. The van der Waals surface area contributed by atoms with Crippen molar-refractivity contribution in [2.75, 3.05) is 10.5 Å². The minimum absolute atomic E-state index is 0.0931. The highest BCUT2D eigenvalue weighted by molar-refractivity contribution is 7.92. The second kappa shape index (κ2) is 8.52. The molecule has 30 heavy (non-hydrogen) atoms. The number of fused-ring (bicyclic) bond motifs is 1. The molecule has 1 amide bonds. The van der Waals surface area contributed by atoms with Gasteiger partial charge in [-0.3, -0.25) is 9.52 Å². The van der Waals surface area contributed by atoms with Crippen LogP contribution in [0.1, 0.15) is 55.2 Å². The number of aryl methyl sites for hydroxylation is 1. The number of anilines is 1. The number of carbonyl (C=O) groups is 1. The van der Waals surface area contributed by atoms with Crippen LogP contribution in [0.2, 0.25) is 0 Å². The topological polar surface area (TPSA) is 91.1 Å². The second-order valence-electron chi connectivity index (χ2n) is 8.11. The van der Waals surface area contributed by atoms with Gasteiger partial charge in [-0.15, -0.1) is 0 Å². The van der Waals surface area contributed by atoms with E-state index in [-0.39, 0.29) is 11.7 Å². The summed E-state index contributed by atoms with van der Waals surface area (Å²) < 4.78 is 27.0. The molecule has 0 spiro atoms. The van der Waals surface area contributed by atoms with Crippen LogP contribution in [-0.4, -0.2) is 25.1 Å². The summed E-state index contributed by atoms with van der Waals surface area (Å²) in [7, 11) is -3.38. The molecule has 7 heteroatoms. The van der Waals surface area contributed by atoms with Gasteiger partial charge in [-0.2, -0.15) is 0 Å². The largest absolute Gasteiger partial charge is 0.350 e. The minimum atomic E-state index is -3.38. The SMILES string of the molecule is CCCCS(=O)(=O)Nc1ccc2[nH]c(C(=O)NC(C)(C)c3ccccc3)c(C)c2c1. The Bertz CT molecular complexity index is 1150. The predicted octanol–water partition coefficient (Wildman–Crippen LogP) is 4.68. The van der Waals surface area contributed by atoms with Gasteiger partial charge in [0.2, 0.25) is 10.0 Å². The first-order chi connectivity index (χ1) is 14.1. The van der Waals surface area contributed by atoms with Crippen LogP contribution in [0, 0.1) is 6.92 Å². The molecule has 0 saturated carbocycles. The molecule has 0 saturated heterocycles. The highest BCUT2D eigenvalue weighted by Crippen LogP contribution is 2.27. The van der Waals surface area contributed by atoms with Gasteiger partial charge in [-0.25, -0.2) is 8.42 Å². The van der Waals surface area contributed by atoms with Crippen molar-refractivity contribution >= 4 is 32.5 Å². The normalized spacial score (nSPS) is 12.1. The lowest BCUT2D eigenvalue weighted by atomic mass is 9.94. The van der Waals surface area contributed by atoms with E-state index in [1.807, 2.05) is 58.0 Å². The Balaban J connectivity index is 1.85. The standard InChI is InChI=1S/C23H29N3O3S/c1-5-6-14-30(28,29)26-18-12-13-20-19(15-18)16(2)21(24-20)22(27)25-23(3,4)17-10-8-7-9-11-17/h7-13,15,24,26H,5-6,14H2,1-4H3,(H,25,27). The number of rotatable bonds is 8. The fraction of sp³-hybridized carbons (Fsp3) is 0.348. The Labute approximate surface area is 178 Å². The first-order valence-electron chi connectivity index (χ1n) is 10.1. The lowest BCUT2D eigenvalue weighted by molar-refractivity contribution is 0.0907. The first kappa shape index (κ1) is 21.9. The zero-order valence-electron chi connectivity index (χ0n) is 17.9. The summed E-state index contributed by atoms with van der Waals surface area (Å²) in [6, 6.07) is 15.1. The van der Waals surface area contributed by atoms with Crippen molar-refractivity contribution in [3.8, 4) is 0 Å². The molecule has 0 radical (unpaired) electrons. The van der Waals surface area contributed by atoms with Crippen LogP contribution in [0.15, 0.2) is 48.5 Å². The quantitative estimate of drug-likeness (QED) is 0.487. The Kier molecular flexibility index (Phi) is 6.22. The van der Waals surface area contributed by atoms with Gasteiger partial charge in [-0.05, 0) is 56.5 Å². The molecule has 3 aromatic rings. The summed E-state index contributed by atoms with van der Waals surface area (Å²) in [5.41, 5.74) is 3.00. The Morgan fingerprint density at radius 2 is 1.80 bits per heavy atom. The maximum atomic E-state index is 13.0. The average molecular weight is 428 g/mol. The molecule has 6 nitrogen and oxygen atoms in total. The molecule has 160 valence electrons. The van der Waals surface area contributed by atoms with Crippen LogP contribution in [0.4, 0.5) is 5.69 Å². The summed E-state index contributed by atoms with van der Waals surface area (Å²) in [6.07, 6.45) is 1.43. The zero-order valence-corrected chi connectivity index (χ0v) is 18.7. The number of benzene rings is 2. The fourth-order valence-corrected chi connectivity index (χ4v) is 4.71. The van der Waals surface area contributed by atoms with Gasteiger partial charge < -0.3 is 10.3 Å². The van der Waals surface area contributed by atoms with Gasteiger partial charge in [0.25, 0.3) is 5.91 Å². The molecule has 0 fully saturated rings. The molecule has 3 rings (SSSR count). The Hall–Kier alpha value is -2.80. The summed E-state index contributed by atoms with van der Waals surface area (Å²) in [5, 5.41) is 3.90. The fourth-order valence-electron chi connectivity index (χ4n) is 3.46. The van der Waals surface area contributed by atoms with Crippen LogP contribution in [-0.2, 0) is 15.6 Å². The molecule has 1 heterocycles. The number of H-pyrrole nitrogens is 1. The van der Waals surface area contributed by atoms with Gasteiger partial charge in [0.05, 0.1) is 11.3 Å². The van der Waals surface area contributed by atoms with Crippen molar-refractivity contribution in [3.63, 3.8) is 0 Å². The lowest BCUT2D eigenvalue weighted by Crippen LogP contribution is -2.41. The van der Waals surface area contributed by atoms with Gasteiger partial charge in [0, 0.05) is 16.6 Å². The Morgan fingerprint density at radius 1 is 1.10 bits per heavy atom. The maximum Gasteiger partial charge on any atom is 0.268 e. The lowest BCUT2D eigenvalue weighted by Gasteiger charge is -2.26. The third-order valence-corrected chi connectivity index (χ3v) is 6.62. The summed E-state index contributed by atoms with van der Waals surface area (Å²) >= 11 is 0. The van der Waals surface area contributed by atoms with Crippen LogP contribution < -0.4 is 10.0 Å². The number of nitrogens with one attached hydrogen (secondary N) is 3. The van der Waals surface area contributed by atoms with Crippen molar-refractivity contribution in [3.05, 3.63) is 65.4 Å². The summed E-state index contributed by atoms with van der Waals surface area (Å²) in [5.74, 6) is -0.113. The van der Waals surface area contributed by atoms with Crippen LogP contribution in [0.25, 0.3) is 10.9 Å². The van der Waals surface area contributed by atoms with E-state index in [0.717, 1.165) is 28.5 Å². The first-order valence-corrected chi connectivity index (χ1v) is 11.8. The van der Waals surface area contributed by atoms with E-state index in [4.69, 9.17) is 0 Å². The third-order valence-electron chi connectivity index (χ3n) is 5.25. The molecule has 3 N–H and O–H groups in total. The van der Waals surface area contributed by atoms with Crippen molar-refractivity contribution in [1.29, 1.82) is 0 Å². The number of aromatic amines is 1. The van der Waals surface area contributed by atoms with Crippen LogP contribution in [0.3, 0.4) is 0 Å². The average Bonchev–Trinajstić information content (AvgIpc) is 3.03. The predicted molar refractivity (Wildman–Crippen MR) is 122 cm³/mol. The molecular formula is C23H29N3O3S.